The van der Waals surface area contributed by atoms with E-state index in [-0.39, 0.29) is 11.7 Å². The Kier molecular flexibility index (Phi) is 9.66. The second kappa shape index (κ2) is 10.9. The molecule has 0 radical (unpaired) electrons. The van der Waals surface area contributed by atoms with Crippen LogP contribution in [0.1, 0.15) is 64.2 Å². The van der Waals surface area contributed by atoms with Crippen LogP contribution in [0.25, 0.3) is 0 Å². The van der Waals surface area contributed by atoms with Crippen LogP contribution >= 0.6 is 0 Å². The minimum atomic E-state index is -1.64. The summed E-state index contributed by atoms with van der Waals surface area (Å²) in [6.45, 7) is -0.688. The van der Waals surface area contributed by atoms with Crippen molar-refractivity contribution in [3.63, 3.8) is 0 Å². The first-order chi connectivity index (χ1) is 11.5. The number of carbonyl (C=O) groups excluding carboxylic acids is 2. The minimum Gasteiger partial charge on any atom is -0.394 e. The molecular formula is C18H32O6. The molecule has 0 saturated heterocycles. The first-order valence-corrected chi connectivity index (χ1v) is 9.07. The van der Waals surface area contributed by atoms with Gasteiger partial charge in [-0.2, -0.15) is 0 Å². The molecule has 0 amide bonds. The van der Waals surface area contributed by atoms with Crippen LogP contribution in [0.2, 0.25) is 0 Å². The van der Waals surface area contributed by atoms with Crippen molar-refractivity contribution in [2.75, 3.05) is 6.61 Å². The van der Waals surface area contributed by atoms with Crippen molar-refractivity contribution in [3.05, 3.63) is 0 Å². The number of hydrogen-bond acceptors (Lipinski definition) is 6. The average Bonchev–Trinajstić information content (AvgIpc) is 2.67. The van der Waals surface area contributed by atoms with Crippen LogP contribution in [-0.4, -0.2) is 57.9 Å². The van der Waals surface area contributed by atoms with Gasteiger partial charge in [-0.1, -0.05) is 38.5 Å². The van der Waals surface area contributed by atoms with E-state index in [0.29, 0.717) is 0 Å². The maximum absolute atomic E-state index is 11.4. The lowest BCUT2D eigenvalue weighted by Gasteiger charge is -2.41. The lowest BCUT2D eigenvalue weighted by molar-refractivity contribution is -0.127. The Morgan fingerprint density at radius 3 is 1.92 bits per heavy atom. The number of aliphatic hydroxyl groups is 4. The molecular weight excluding hydrogens is 312 g/mol. The van der Waals surface area contributed by atoms with Gasteiger partial charge in [-0.05, 0) is 31.6 Å². The van der Waals surface area contributed by atoms with Gasteiger partial charge in [0.1, 0.15) is 24.6 Å². The van der Waals surface area contributed by atoms with Gasteiger partial charge in [0.25, 0.3) is 0 Å². The molecule has 3 atom stereocenters. The number of hydrogen-bond donors (Lipinski definition) is 4. The van der Waals surface area contributed by atoms with Crippen LogP contribution in [0, 0.1) is 11.3 Å². The first kappa shape index (κ1) is 21.2. The van der Waals surface area contributed by atoms with E-state index in [1.54, 1.807) is 0 Å². The average molecular weight is 344 g/mol. The van der Waals surface area contributed by atoms with Crippen LogP contribution in [0.3, 0.4) is 0 Å². The number of aliphatic hydroxyl groups excluding tert-OH is 4. The molecule has 0 spiro atoms. The van der Waals surface area contributed by atoms with Gasteiger partial charge in [0.2, 0.25) is 0 Å². The normalized spacial score (nSPS) is 24.8. The summed E-state index contributed by atoms with van der Waals surface area (Å²) < 4.78 is 0. The Morgan fingerprint density at radius 1 is 0.917 bits per heavy atom. The Bertz CT molecular complexity index is 361. The molecule has 0 aliphatic heterocycles. The lowest BCUT2D eigenvalue weighted by Crippen LogP contribution is -2.40. The highest BCUT2D eigenvalue weighted by Crippen LogP contribution is 2.46. The third-order valence-electron chi connectivity index (χ3n) is 5.51. The summed E-state index contributed by atoms with van der Waals surface area (Å²) in [6.07, 6.45) is 9.73. The van der Waals surface area contributed by atoms with Crippen molar-refractivity contribution in [2.45, 2.75) is 82.5 Å². The topological polar surface area (TPSA) is 115 Å². The number of rotatable bonds is 6. The minimum absolute atomic E-state index is 0.0869. The van der Waals surface area contributed by atoms with Crippen molar-refractivity contribution >= 4 is 12.6 Å². The Hall–Kier alpha value is -0.820. The van der Waals surface area contributed by atoms with Crippen LogP contribution in [0.5, 0.6) is 0 Å². The molecule has 2 aliphatic carbocycles. The summed E-state index contributed by atoms with van der Waals surface area (Å²) in [5.41, 5.74) is 0.110. The summed E-state index contributed by atoms with van der Waals surface area (Å²) in [6, 6.07) is 0. The van der Waals surface area contributed by atoms with Gasteiger partial charge in [-0.15, -0.1) is 0 Å². The lowest BCUT2D eigenvalue weighted by atomic mass is 9.62. The smallest absolute Gasteiger partial charge is 0.151 e. The van der Waals surface area contributed by atoms with Crippen LogP contribution in [0.4, 0.5) is 0 Å². The molecule has 3 unspecified atom stereocenters. The molecule has 140 valence electrons. The van der Waals surface area contributed by atoms with E-state index in [1.807, 2.05) is 0 Å². The molecule has 24 heavy (non-hydrogen) atoms. The van der Waals surface area contributed by atoms with Crippen molar-refractivity contribution in [2.24, 2.45) is 11.3 Å². The second-order valence-electron chi connectivity index (χ2n) is 7.11. The van der Waals surface area contributed by atoms with Crippen LogP contribution < -0.4 is 0 Å². The molecule has 0 aromatic heterocycles. The highest BCUT2D eigenvalue weighted by molar-refractivity contribution is 5.60. The highest BCUT2D eigenvalue weighted by atomic mass is 16.4. The molecule has 2 fully saturated rings. The second-order valence-corrected chi connectivity index (χ2v) is 7.11. The van der Waals surface area contributed by atoms with Crippen molar-refractivity contribution in [1.29, 1.82) is 0 Å². The predicted octanol–water partition coefficient (Wildman–Crippen LogP) is 0.976. The quantitative estimate of drug-likeness (QED) is 0.534. The fraction of sp³-hybridized carbons (Fsp3) is 0.889. The zero-order chi connectivity index (χ0) is 18.0. The van der Waals surface area contributed by atoms with Crippen molar-refractivity contribution in [1.82, 2.24) is 0 Å². The zero-order valence-corrected chi connectivity index (χ0v) is 14.3. The fourth-order valence-corrected chi connectivity index (χ4v) is 3.93. The largest absolute Gasteiger partial charge is 0.394 e. The molecule has 6 nitrogen and oxygen atoms in total. The summed E-state index contributed by atoms with van der Waals surface area (Å²) in [7, 11) is 0. The van der Waals surface area contributed by atoms with Gasteiger partial charge >= 0.3 is 0 Å². The maximum atomic E-state index is 11.4. The van der Waals surface area contributed by atoms with Gasteiger partial charge < -0.3 is 30.0 Å². The van der Waals surface area contributed by atoms with Gasteiger partial charge in [0.05, 0.1) is 6.61 Å². The monoisotopic (exact) mass is 344 g/mol. The number of carbonyl (C=O) groups is 2. The Labute approximate surface area is 143 Å². The highest BCUT2D eigenvalue weighted by Gasteiger charge is 2.39. The molecule has 0 heterocycles. The molecule has 0 aromatic carbocycles. The molecule has 6 heteroatoms. The van der Waals surface area contributed by atoms with E-state index in [4.69, 9.17) is 20.4 Å². The molecule has 0 aromatic rings. The van der Waals surface area contributed by atoms with Crippen molar-refractivity contribution in [3.8, 4) is 0 Å². The Morgan fingerprint density at radius 2 is 1.46 bits per heavy atom. The molecule has 0 bridgehead atoms. The summed E-state index contributed by atoms with van der Waals surface area (Å²) in [5, 5.41) is 34.1. The van der Waals surface area contributed by atoms with Gasteiger partial charge in [-0.25, -0.2) is 0 Å². The fourth-order valence-electron chi connectivity index (χ4n) is 3.93. The first-order valence-electron chi connectivity index (χ1n) is 9.07. The van der Waals surface area contributed by atoms with E-state index < -0.39 is 24.9 Å². The van der Waals surface area contributed by atoms with Gasteiger partial charge in [-0.3, -0.25) is 0 Å². The van der Waals surface area contributed by atoms with Crippen LogP contribution in [-0.2, 0) is 9.59 Å². The van der Waals surface area contributed by atoms with Crippen molar-refractivity contribution < 1.29 is 30.0 Å². The van der Waals surface area contributed by atoms with E-state index >= 15 is 0 Å². The maximum Gasteiger partial charge on any atom is 0.151 e. The number of aldehydes is 2. The van der Waals surface area contributed by atoms with Gasteiger partial charge in [0, 0.05) is 5.41 Å². The molecule has 2 rings (SSSR count). The zero-order valence-electron chi connectivity index (χ0n) is 14.3. The SMILES string of the molecule is O=CC(O)C(O)C(O)CO.O=CC1(C2CCCCC2)CCCCC1. The summed E-state index contributed by atoms with van der Waals surface area (Å²) in [4.78, 5) is 21.1. The third-order valence-corrected chi connectivity index (χ3v) is 5.51. The van der Waals surface area contributed by atoms with E-state index in [1.165, 1.54) is 70.5 Å². The summed E-state index contributed by atoms with van der Waals surface area (Å²) in [5.74, 6) is 0.731. The molecule has 2 saturated carbocycles. The van der Waals surface area contributed by atoms with E-state index in [0.717, 1.165) is 5.92 Å². The van der Waals surface area contributed by atoms with Crippen LogP contribution in [0.15, 0.2) is 0 Å². The standard InChI is InChI=1S/C13H22O.C5H10O5/c14-11-13(9-5-2-6-10-13)12-7-3-1-4-8-12;6-1-3(8)5(10)4(9)2-7/h11-12H,1-10H2;1,3-5,7-10H,2H2. The molecule has 4 N–H and O–H groups in total. The third kappa shape index (κ3) is 5.92. The predicted molar refractivity (Wildman–Crippen MR) is 89.3 cm³/mol. The van der Waals surface area contributed by atoms with Gasteiger partial charge in [0.15, 0.2) is 6.29 Å². The summed E-state index contributed by atoms with van der Waals surface area (Å²) >= 11 is 0. The van der Waals surface area contributed by atoms with E-state index in [2.05, 4.69) is 0 Å². The van der Waals surface area contributed by atoms with E-state index in [9.17, 15) is 9.59 Å². The Balaban J connectivity index is 0.000000257. The molecule has 2 aliphatic rings.